The van der Waals surface area contributed by atoms with E-state index in [-0.39, 0.29) is 4.47 Å². The standard InChI is InChI=1S/C15H9BrClFO3/c16-12-8-11(3-4-13(12)18)21-14-5-2-10(17)7-9(14)1-6-15(19)20/h1-8H,(H,19,20)/b6-1+. The van der Waals surface area contributed by atoms with Crippen LogP contribution in [0.25, 0.3) is 6.08 Å². The van der Waals surface area contributed by atoms with Crippen molar-refractivity contribution in [3.8, 4) is 11.5 Å². The monoisotopic (exact) mass is 370 g/mol. The first-order chi connectivity index (χ1) is 9.95. The highest BCUT2D eigenvalue weighted by Gasteiger charge is 2.07. The Morgan fingerprint density at radius 2 is 2.05 bits per heavy atom. The number of carboxylic acid groups (broad SMARTS) is 1. The molecule has 0 heterocycles. The van der Waals surface area contributed by atoms with E-state index in [0.717, 1.165) is 6.08 Å². The summed E-state index contributed by atoms with van der Waals surface area (Å²) in [5.74, 6) is -0.652. The molecule has 2 rings (SSSR count). The number of hydrogen-bond acceptors (Lipinski definition) is 2. The van der Waals surface area contributed by atoms with E-state index in [1.165, 1.54) is 24.3 Å². The molecule has 0 unspecified atom stereocenters. The van der Waals surface area contributed by atoms with Gasteiger partial charge in [0, 0.05) is 16.7 Å². The van der Waals surface area contributed by atoms with Crippen LogP contribution in [0.4, 0.5) is 4.39 Å². The van der Waals surface area contributed by atoms with Crippen LogP contribution in [0.5, 0.6) is 11.5 Å². The van der Waals surface area contributed by atoms with Crippen LogP contribution in [-0.2, 0) is 4.79 Å². The molecule has 0 spiro atoms. The van der Waals surface area contributed by atoms with E-state index in [1.807, 2.05) is 0 Å². The third-order valence-electron chi connectivity index (χ3n) is 2.50. The van der Waals surface area contributed by atoms with Gasteiger partial charge < -0.3 is 9.84 Å². The first kappa shape index (κ1) is 15.5. The maximum absolute atomic E-state index is 13.2. The summed E-state index contributed by atoms with van der Waals surface area (Å²) in [5, 5.41) is 9.13. The van der Waals surface area contributed by atoms with Gasteiger partial charge in [-0.15, -0.1) is 0 Å². The van der Waals surface area contributed by atoms with Crippen molar-refractivity contribution in [3.63, 3.8) is 0 Å². The van der Waals surface area contributed by atoms with E-state index in [4.69, 9.17) is 21.4 Å². The van der Waals surface area contributed by atoms with Crippen molar-refractivity contribution in [2.75, 3.05) is 0 Å². The largest absolute Gasteiger partial charge is 0.478 e. The highest BCUT2D eigenvalue weighted by atomic mass is 79.9. The first-order valence-electron chi connectivity index (χ1n) is 5.79. The molecule has 0 radical (unpaired) electrons. The van der Waals surface area contributed by atoms with E-state index in [1.54, 1.807) is 18.2 Å². The molecule has 0 aliphatic heterocycles. The third-order valence-corrected chi connectivity index (χ3v) is 3.34. The number of ether oxygens (including phenoxy) is 1. The molecule has 6 heteroatoms. The lowest BCUT2D eigenvalue weighted by molar-refractivity contribution is -0.131. The molecule has 21 heavy (non-hydrogen) atoms. The molecular weight excluding hydrogens is 363 g/mol. The summed E-state index contributed by atoms with van der Waals surface area (Å²) in [6, 6.07) is 9.03. The van der Waals surface area contributed by atoms with Crippen LogP contribution < -0.4 is 4.74 Å². The van der Waals surface area contributed by atoms with Crippen LogP contribution >= 0.6 is 27.5 Å². The van der Waals surface area contributed by atoms with E-state index in [9.17, 15) is 9.18 Å². The number of rotatable bonds is 4. The van der Waals surface area contributed by atoms with Crippen molar-refractivity contribution in [3.05, 3.63) is 63.4 Å². The molecule has 0 saturated carbocycles. The lowest BCUT2D eigenvalue weighted by Crippen LogP contribution is -1.90. The summed E-state index contributed by atoms with van der Waals surface area (Å²) < 4.78 is 19.1. The Bertz CT molecular complexity index is 716. The lowest BCUT2D eigenvalue weighted by atomic mass is 10.2. The zero-order valence-corrected chi connectivity index (χ0v) is 12.9. The fraction of sp³-hybridized carbons (Fsp3) is 0. The van der Waals surface area contributed by atoms with Gasteiger partial charge in [0.25, 0.3) is 0 Å². The van der Waals surface area contributed by atoms with Gasteiger partial charge in [-0.3, -0.25) is 0 Å². The van der Waals surface area contributed by atoms with Crippen LogP contribution in [-0.4, -0.2) is 11.1 Å². The highest BCUT2D eigenvalue weighted by molar-refractivity contribution is 9.10. The summed E-state index contributed by atoms with van der Waals surface area (Å²) >= 11 is 8.96. The molecule has 0 aliphatic carbocycles. The number of carbonyl (C=O) groups is 1. The van der Waals surface area contributed by atoms with Gasteiger partial charge in [0.1, 0.15) is 17.3 Å². The van der Waals surface area contributed by atoms with Crippen molar-refractivity contribution in [1.29, 1.82) is 0 Å². The smallest absolute Gasteiger partial charge is 0.328 e. The zero-order valence-electron chi connectivity index (χ0n) is 10.5. The maximum atomic E-state index is 13.2. The summed E-state index contributed by atoms with van der Waals surface area (Å²) in [5.41, 5.74) is 0.505. The van der Waals surface area contributed by atoms with Crippen LogP contribution in [0.1, 0.15) is 5.56 Å². The molecule has 0 bridgehead atoms. The van der Waals surface area contributed by atoms with Crippen molar-refractivity contribution in [2.45, 2.75) is 0 Å². The Morgan fingerprint density at radius 1 is 1.29 bits per heavy atom. The number of carboxylic acids is 1. The molecule has 0 saturated heterocycles. The fourth-order valence-electron chi connectivity index (χ4n) is 1.57. The number of hydrogen-bond donors (Lipinski definition) is 1. The summed E-state index contributed by atoms with van der Waals surface area (Å²) in [6.07, 6.45) is 2.36. The molecule has 108 valence electrons. The average molecular weight is 372 g/mol. The van der Waals surface area contributed by atoms with Crippen LogP contribution in [0.2, 0.25) is 5.02 Å². The molecule has 0 amide bonds. The van der Waals surface area contributed by atoms with Crippen LogP contribution in [0, 0.1) is 5.82 Å². The normalized spacial score (nSPS) is 10.8. The topological polar surface area (TPSA) is 46.5 Å². The van der Waals surface area contributed by atoms with Gasteiger partial charge in [0.05, 0.1) is 4.47 Å². The SMILES string of the molecule is O=C(O)/C=C/c1cc(Cl)ccc1Oc1ccc(F)c(Br)c1. The Balaban J connectivity index is 2.34. The molecule has 0 fully saturated rings. The average Bonchev–Trinajstić information content (AvgIpc) is 2.43. The fourth-order valence-corrected chi connectivity index (χ4v) is 2.11. The molecule has 0 aliphatic rings. The Labute approximate surface area is 133 Å². The second kappa shape index (κ2) is 6.74. The van der Waals surface area contributed by atoms with Crippen molar-refractivity contribution in [2.24, 2.45) is 0 Å². The highest BCUT2D eigenvalue weighted by Crippen LogP contribution is 2.31. The molecule has 0 aromatic heterocycles. The van der Waals surface area contributed by atoms with E-state index >= 15 is 0 Å². The first-order valence-corrected chi connectivity index (χ1v) is 6.96. The van der Waals surface area contributed by atoms with Gasteiger partial charge in [-0.2, -0.15) is 0 Å². The predicted molar refractivity (Wildman–Crippen MR) is 82.3 cm³/mol. The minimum atomic E-state index is -1.08. The Hall–Kier alpha value is -1.85. The molecule has 3 nitrogen and oxygen atoms in total. The minimum absolute atomic E-state index is 0.275. The van der Waals surface area contributed by atoms with Gasteiger partial charge in [0.15, 0.2) is 0 Å². The zero-order chi connectivity index (χ0) is 15.4. The lowest BCUT2D eigenvalue weighted by Gasteiger charge is -2.10. The second-order valence-corrected chi connectivity index (χ2v) is 5.32. The Morgan fingerprint density at radius 3 is 2.71 bits per heavy atom. The summed E-state index contributed by atoms with van der Waals surface area (Å²) in [6.45, 7) is 0. The van der Waals surface area contributed by atoms with Crippen LogP contribution in [0.3, 0.4) is 0 Å². The summed E-state index contributed by atoms with van der Waals surface area (Å²) in [7, 11) is 0. The van der Waals surface area contributed by atoms with Crippen molar-refractivity contribution >= 4 is 39.6 Å². The molecule has 2 aromatic rings. The molecular formula is C15H9BrClFO3. The molecule has 0 atom stereocenters. The predicted octanol–water partition coefficient (Wildman–Crippen LogP) is 5.13. The van der Waals surface area contributed by atoms with E-state index in [2.05, 4.69) is 15.9 Å². The minimum Gasteiger partial charge on any atom is -0.478 e. The van der Waals surface area contributed by atoms with Gasteiger partial charge in [-0.25, -0.2) is 9.18 Å². The number of benzene rings is 2. The van der Waals surface area contributed by atoms with Gasteiger partial charge in [-0.1, -0.05) is 11.6 Å². The second-order valence-electron chi connectivity index (χ2n) is 4.03. The van der Waals surface area contributed by atoms with Gasteiger partial charge >= 0.3 is 5.97 Å². The van der Waals surface area contributed by atoms with E-state index < -0.39 is 11.8 Å². The number of aliphatic carboxylic acids is 1. The molecule has 2 aromatic carbocycles. The van der Waals surface area contributed by atoms with Crippen LogP contribution in [0.15, 0.2) is 46.9 Å². The van der Waals surface area contributed by atoms with E-state index in [0.29, 0.717) is 22.1 Å². The quantitative estimate of drug-likeness (QED) is 0.758. The number of halogens is 3. The van der Waals surface area contributed by atoms with Crippen molar-refractivity contribution in [1.82, 2.24) is 0 Å². The van der Waals surface area contributed by atoms with Crippen molar-refractivity contribution < 1.29 is 19.0 Å². The summed E-state index contributed by atoms with van der Waals surface area (Å²) in [4.78, 5) is 10.6. The molecule has 1 N–H and O–H groups in total. The van der Waals surface area contributed by atoms with Gasteiger partial charge in [-0.05, 0) is 58.4 Å². The van der Waals surface area contributed by atoms with Gasteiger partial charge in [0.2, 0.25) is 0 Å². The maximum Gasteiger partial charge on any atom is 0.328 e. The Kier molecular flexibility index (Phi) is 4.98. The third kappa shape index (κ3) is 4.31.